The van der Waals surface area contributed by atoms with E-state index in [1.54, 1.807) is 0 Å². The molecule has 1 atom stereocenters. The van der Waals surface area contributed by atoms with Crippen molar-refractivity contribution in [3.05, 3.63) is 108 Å². The van der Waals surface area contributed by atoms with Gasteiger partial charge in [0.05, 0.1) is 6.04 Å². The minimum absolute atomic E-state index is 0.0508. The molecule has 2 amide bonds. The van der Waals surface area contributed by atoms with E-state index in [1.807, 2.05) is 59.5 Å². The second kappa shape index (κ2) is 11.5. The molecule has 4 rings (SSSR count). The second-order valence-corrected chi connectivity index (χ2v) is 8.80. The predicted octanol–water partition coefficient (Wildman–Crippen LogP) is 4.96. The van der Waals surface area contributed by atoms with Crippen LogP contribution >= 0.6 is 0 Å². The fourth-order valence-electron chi connectivity index (χ4n) is 4.52. The Kier molecular flexibility index (Phi) is 7.91. The first kappa shape index (κ1) is 22.8. The molecule has 4 heteroatoms. The summed E-state index contributed by atoms with van der Waals surface area (Å²) in [7, 11) is 0. The summed E-state index contributed by atoms with van der Waals surface area (Å²) in [6.45, 7) is 1.31. The van der Waals surface area contributed by atoms with Crippen molar-refractivity contribution in [2.75, 3.05) is 13.1 Å². The molecular weight excluding hydrogens is 408 g/mol. The molecule has 0 aromatic heterocycles. The largest absolute Gasteiger partial charge is 0.349 e. The molecule has 3 aromatic carbocycles. The maximum absolute atomic E-state index is 13.1. The lowest BCUT2D eigenvalue weighted by Gasteiger charge is -2.32. The quantitative estimate of drug-likeness (QED) is 0.538. The summed E-state index contributed by atoms with van der Waals surface area (Å²) in [4.78, 5) is 27.7. The molecule has 33 heavy (non-hydrogen) atoms. The Morgan fingerprint density at radius 2 is 1.33 bits per heavy atom. The summed E-state index contributed by atoms with van der Waals surface area (Å²) >= 11 is 0. The first-order valence-corrected chi connectivity index (χ1v) is 11.9. The van der Waals surface area contributed by atoms with Gasteiger partial charge in [-0.2, -0.15) is 0 Å². The first-order valence-electron chi connectivity index (χ1n) is 11.9. The Balaban J connectivity index is 1.30. The van der Waals surface area contributed by atoms with Crippen LogP contribution in [0.1, 0.15) is 42.0 Å². The van der Waals surface area contributed by atoms with Gasteiger partial charge >= 0.3 is 0 Å². The summed E-state index contributed by atoms with van der Waals surface area (Å²) in [5.74, 6) is 0.227. The van der Waals surface area contributed by atoms with Gasteiger partial charge in [0.2, 0.25) is 11.8 Å². The molecule has 0 spiro atoms. The number of aryl methyl sites for hydroxylation is 1. The normalized spacial score (nSPS) is 15.1. The first-order chi connectivity index (χ1) is 16.2. The summed E-state index contributed by atoms with van der Waals surface area (Å²) in [5.41, 5.74) is 3.50. The highest BCUT2D eigenvalue weighted by Gasteiger charge is 2.28. The van der Waals surface area contributed by atoms with Crippen molar-refractivity contribution in [3.8, 4) is 0 Å². The van der Waals surface area contributed by atoms with Crippen LogP contribution in [0, 0.1) is 5.92 Å². The van der Waals surface area contributed by atoms with Crippen LogP contribution < -0.4 is 5.32 Å². The van der Waals surface area contributed by atoms with Crippen LogP contribution in [0.3, 0.4) is 0 Å². The van der Waals surface area contributed by atoms with Crippen LogP contribution in [-0.2, 0) is 22.4 Å². The molecule has 0 aliphatic carbocycles. The van der Waals surface area contributed by atoms with Gasteiger partial charge in [-0.15, -0.1) is 0 Å². The molecule has 1 aliphatic heterocycles. The maximum Gasteiger partial charge on any atom is 0.223 e. The molecule has 0 radical (unpaired) electrons. The maximum atomic E-state index is 13.1. The lowest BCUT2D eigenvalue weighted by atomic mass is 9.93. The number of piperidine rings is 1. The third-order valence-corrected chi connectivity index (χ3v) is 6.49. The number of carbonyl (C=O) groups is 2. The van der Waals surface area contributed by atoms with Crippen molar-refractivity contribution >= 4 is 11.8 Å². The van der Waals surface area contributed by atoms with E-state index in [0.29, 0.717) is 19.5 Å². The van der Waals surface area contributed by atoms with Gasteiger partial charge < -0.3 is 10.2 Å². The van der Waals surface area contributed by atoms with Crippen molar-refractivity contribution in [2.24, 2.45) is 5.92 Å². The molecule has 1 aliphatic rings. The number of nitrogens with one attached hydrogen (secondary N) is 1. The average molecular weight is 441 g/mol. The van der Waals surface area contributed by atoms with Crippen molar-refractivity contribution in [3.63, 3.8) is 0 Å². The Morgan fingerprint density at radius 3 is 1.94 bits per heavy atom. The highest BCUT2D eigenvalue weighted by molar-refractivity contribution is 5.80. The lowest BCUT2D eigenvalue weighted by molar-refractivity contribution is -0.135. The monoisotopic (exact) mass is 440 g/mol. The number of amides is 2. The molecule has 170 valence electrons. The lowest BCUT2D eigenvalue weighted by Crippen LogP contribution is -2.44. The standard InChI is InChI=1S/C29H32N2O2/c32-28(17-16-23-10-4-1-5-11-23)31-20-18-26(19-21-31)29(33)30-27(25-14-8-3-9-15-25)22-24-12-6-2-7-13-24/h1-15,26-27H,16-22H2,(H,30,33). The van der Waals surface area contributed by atoms with Crippen molar-refractivity contribution in [2.45, 2.75) is 38.1 Å². The fourth-order valence-corrected chi connectivity index (χ4v) is 4.52. The SMILES string of the molecule is O=C(NC(Cc1ccccc1)c1ccccc1)C1CCN(C(=O)CCc2ccccc2)CC1. The average Bonchev–Trinajstić information content (AvgIpc) is 2.88. The topological polar surface area (TPSA) is 49.4 Å². The predicted molar refractivity (Wildman–Crippen MR) is 132 cm³/mol. The van der Waals surface area contributed by atoms with Gasteiger partial charge in [-0.05, 0) is 42.4 Å². The Morgan fingerprint density at radius 1 is 0.788 bits per heavy atom. The van der Waals surface area contributed by atoms with Crippen molar-refractivity contribution < 1.29 is 9.59 Å². The summed E-state index contributed by atoms with van der Waals surface area (Å²) in [5, 5.41) is 3.30. The zero-order valence-electron chi connectivity index (χ0n) is 19.0. The Labute approximate surface area is 196 Å². The van der Waals surface area contributed by atoms with Crippen molar-refractivity contribution in [1.29, 1.82) is 0 Å². The number of likely N-dealkylation sites (tertiary alicyclic amines) is 1. The van der Waals surface area contributed by atoms with Gasteiger partial charge in [0.1, 0.15) is 0 Å². The van der Waals surface area contributed by atoms with Crippen LogP contribution in [0.2, 0.25) is 0 Å². The van der Waals surface area contributed by atoms with Crippen molar-refractivity contribution in [1.82, 2.24) is 10.2 Å². The van der Waals surface area contributed by atoms with Crippen LogP contribution in [0.5, 0.6) is 0 Å². The van der Waals surface area contributed by atoms with Gasteiger partial charge in [0.15, 0.2) is 0 Å². The van der Waals surface area contributed by atoms with Crippen LogP contribution in [0.4, 0.5) is 0 Å². The Bertz CT molecular complexity index is 1010. The zero-order valence-corrected chi connectivity index (χ0v) is 19.0. The van der Waals surface area contributed by atoms with E-state index in [2.05, 4.69) is 41.7 Å². The van der Waals surface area contributed by atoms with Gasteiger partial charge in [-0.1, -0.05) is 91.0 Å². The van der Waals surface area contributed by atoms with E-state index in [4.69, 9.17) is 0 Å². The molecule has 1 fully saturated rings. The van der Waals surface area contributed by atoms with E-state index in [-0.39, 0.29) is 23.8 Å². The van der Waals surface area contributed by atoms with Crippen LogP contribution in [-0.4, -0.2) is 29.8 Å². The number of hydrogen-bond acceptors (Lipinski definition) is 2. The molecule has 4 nitrogen and oxygen atoms in total. The van der Waals surface area contributed by atoms with E-state index in [1.165, 1.54) is 11.1 Å². The van der Waals surface area contributed by atoms with E-state index in [0.717, 1.165) is 31.2 Å². The minimum atomic E-state index is -0.0633. The molecule has 1 unspecified atom stereocenters. The van der Waals surface area contributed by atoms with E-state index >= 15 is 0 Å². The summed E-state index contributed by atoms with van der Waals surface area (Å²) in [6, 6.07) is 30.5. The smallest absolute Gasteiger partial charge is 0.223 e. The highest BCUT2D eigenvalue weighted by Crippen LogP contribution is 2.23. The molecular formula is C29H32N2O2. The minimum Gasteiger partial charge on any atom is -0.349 e. The van der Waals surface area contributed by atoms with E-state index in [9.17, 15) is 9.59 Å². The molecule has 1 N–H and O–H groups in total. The molecule has 0 bridgehead atoms. The van der Waals surface area contributed by atoms with Crippen LogP contribution in [0.25, 0.3) is 0 Å². The molecule has 1 saturated heterocycles. The number of carbonyl (C=O) groups excluding carboxylic acids is 2. The third-order valence-electron chi connectivity index (χ3n) is 6.49. The zero-order chi connectivity index (χ0) is 22.9. The molecule has 0 saturated carbocycles. The fraction of sp³-hybridized carbons (Fsp3) is 0.310. The molecule has 1 heterocycles. The van der Waals surface area contributed by atoms with Gasteiger partial charge in [-0.25, -0.2) is 0 Å². The number of rotatable bonds is 8. The van der Waals surface area contributed by atoms with Crippen LogP contribution in [0.15, 0.2) is 91.0 Å². The number of benzene rings is 3. The summed E-state index contributed by atoms with van der Waals surface area (Å²) < 4.78 is 0. The summed E-state index contributed by atoms with van der Waals surface area (Å²) in [6.07, 6.45) is 3.48. The van der Waals surface area contributed by atoms with E-state index < -0.39 is 0 Å². The number of hydrogen-bond donors (Lipinski definition) is 1. The second-order valence-electron chi connectivity index (χ2n) is 8.80. The Hall–Kier alpha value is -3.40. The highest BCUT2D eigenvalue weighted by atomic mass is 16.2. The van der Waals surface area contributed by atoms with Gasteiger partial charge in [0, 0.05) is 25.4 Å². The molecule has 3 aromatic rings. The number of nitrogens with zero attached hydrogens (tertiary/aromatic N) is 1. The van der Waals surface area contributed by atoms with Gasteiger partial charge in [0.25, 0.3) is 0 Å². The third kappa shape index (κ3) is 6.55. The van der Waals surface area contributed by atoms with Gasteiger partial charge in [-0.3, -0.25) is 9.59 Å².